The number of carbonyl (C=O) groups is 1. The van der Waals surface area contributed by atoms with Gasteiger partial charge in [-0.25, -0.2) is 4.79 Å². The molecule has 0 unspecified atom stereocenters. The molecule has 22 heavy (non-hydrogen) atoms. The van der Waals surface area contributed by atoms with E-state index >= 15 is 0 Å². The van der Waals surface area contributed by atoms with Crippen LogP contribution in [-0.4, -0.2) is 19.1 Å². The molecule has 2 rings (SSSR count). The summed E-state index contributed by atoms with van der Waals surface area (Å²) in [6.45, 7) is 1.20. The molecule has 5 heteroatoms. The second-order valence-corrected chi connectivity index (χ2v) is 5.46. The van der Waals surface area contributed by atoms with E-state index in [0.717, 1.165) is 42.6 Å². The predicted octanol–water partition coefficient (Wildman–Crippen LogP) is 2.06. The average molecular weight is 300 g/mol. The minimum atomic E-state index is -0.141. The highest BCUT2D eigenvalue weighted by atomic mass is 16.2. The van der Waals surface area contributed by atoms with Crippen molar-refractivity contribution in [1.29, 1.82) is 0 Å². The van der Waals surface area contributed by atoms with E-state index in [1.54, 1.807) is 0 Å². The smallest absolute Gasteiger partial charge is 0.314 e. The minimum absolute atomic E-state index is 0.141. The summed E-state index contributed by atoms with van der Waals surface area (Å²) in [5.41, 5.74) is 15.5. The Kier molecular flexibility index (Phi) is 5.89. The van der Waals surface area contributed by atoms with Gasteiger partial charge in [0.1, 0.15) is 0 Å². The van der Waals surface area contributed by atoms with Crippen LogP contribution in [0.5, 0.6) is 0 Å². The summed E-state index contributed by atoms with van der Waals surface area (Å²) in [6, 6.07) is 7.55. The van der Waals surface area contributed by atoms with Crippen LogP contribution in [0.15, 0.2) is 47.7 Å². The van der Waals surface area contributed by atoms with Crippen molar-refractivity contribution in [2.45, 2.75) is 25.7 Å². The number of benzene rings is 1. The third-order valence-corrected chi connectivity index (χ3v) is 3.56. The molecule has 0 saturated heterocycles. The molecule has 0 aromatic heterocycles. The quantitative estimate of drug-likeness (QED) is 0.606. The van der Waals surface area contributed by atoms with Crippen LogP contribution >= 0.6 is 0 Å². The molecule has 1 aliphatic carbocycles. The van der Waals surface area contributed by atoms with Crippen molar-refractivity contribution < 1.29 is 4.79 Å². The molecule has 6 N–H and O–H groups in total. The zero-order valence-corrected chi connectivity index (χ0v) is 12.8. The number of hydrogen-bond acceptors (Lipinski definition) is 3. The fourth-order valence-electron chi connectivity index (χ4n) is 2.42. The number of anilines is 1. The van der Waals surface area contributed by atoms with Crippen LogP contribution in [0.2, 0.25) is 0 Å². The Morgan fingerprint density at radius 2 is 1.91 bits per heavy atom. The minimum Gasteiger partial charge on any atom is -0.402 e. The van der Waals surface area contributed by atoms with Crippen LogP contribution in [0.4, 0.5) is 10.5 Å². The van der Waals surface area contributed by atoms with Crippen LogP contribution in [0.3, 0.4) is 0 Å². The monoisotopic (exact) mass is 300 g/mol. The first kappa shape index (κ1) is 15.9. The van der Waals surface area contributed by atoms with Gasteiger partial charge in [0.05, 0.1) is 0 Å². The molecule has 1 aromatic rings. The number of urea groups is 1. The summed E-state index contributed by atoms with van der Waals surface area (Å²) in [7, 11) is 0. The lowest BCUT2D eigenvalue weighted by molar-refractivity contribution is 0.241. The molecule has 0 spiro atoms. The molecule has 0 heterocycles. The van der Waals surface area contributed by atoms with E-state index in [0.29, 0.717) is 13.1 Å². The van der Waals surface area contributed by atoms with E-state index in [9.17, 15) is 4.79 Å². The molecule has 1 aliphatic rings. The van der Waals surface area contributed by atoms with E-state index in [-0.39, 0.29) is 6.03 Å². The highest BCUT2D eigenvalue weighted by Crippen LogP contribution is 2.15. The van der Waals surface area contributed by atoms with Crippen LogP contribution in [0, 0.1) is 0 Å². The molecule has 0 radical (unpaired) electrons. The number of nitrogen functional groups attached to an aromatic ring is 1. The van der Waals surface area contributed by atoms with Gasteiger partial charge in [-0.1, -0.05) is 18.2 Å². The van der Waals surface area contributed by atoms with E-state index < -0.39 is 0 Å². The maximum atomic E-state index is 11.7. The molecule has 0 fully saturated rings. The molecule has 0 aliphatic heterocycles. The average Bonchev–Trinajstić information content (AvgIpc) is 2.47. The molecular formula is C17H24N4O. The summed E-state index contributed by atoms with van der Waals surface area (Å²) in [5, 5.41) is 5.70. The van der Waals surface area contributed by atoms with Gasteiger partial charge in [-0.15, -0.1) is 0 Å². The maximum absolute atomic E-state index is 11.7. The first-order valence-corrected chi connectivity index (χ1v) is 7.64. The molecule has 2 amide bonds. The van der Waals surface area contributed by atoms with Crippen molar-refractivity contribution >= 4 is 11.7 Å². The molecule has 5 nitrogen and oxygen atoms in total. The van der Waals surface area contributed by atoms with Gasteiger partial charge in [0.15, 0.2) is 0 Å². The SMILES string of the molecule is NC1=CC(CCNC(=O)NCCc2cccc(N)c2)=CCC1. The largest absolute Gasteiger partial charge is 0.402 e. The van der Waals surface area contributed by atoms with Crippen LogP contribution in [0.25, 0.3) is 0 Å². The fourth-order valence-corrected chi connectivity index (χ4v) is 2.42. The normalized spacial score (nSPS) is 14.0. The van der Waals surface area contributed by atoms with Gasteiger partial charge in [-0.05, 0) is 55.0 Å². The summed E-state index contributed by atoms with van der Waals surface area (Å²) in [4.78, 5) is 11.7. The number of amides is 2. The second-order valence-electron chi connectivity index (χ2n) is 5.46. The lowest BCUT2D eigenvalue weighted by Crippen LogP contribution is -2.37. The number of carbonyl (C=O) groups excluding carboxylic acids is 1. The van der Waals surface area contributed by atoms with E-state index in [1.165, 1.54) is 5.57 Å². The Morgan fingerprint density at radius 1 is 1.14 bits per heavy atom. The summed E-state index contributed by atoms with van der Waals surface area (Å²) >= 11 is 0. The lowest BCUT2D eigenvalue weighted by atomic mass is 10.0. The van der Waals surface area contributed by atoms with Gasteiger partial charge in [0.25, 0.3) is 0 Å². The highest BCUT2D eigenvalue weighted by molar-refractivity contribution is 5.73. The van der Waals surface area contributed by atoms with Gasteiger partial charge >= 0.3 is 6.03 Å². The summed E-state index contributed by atoms with van der Waals surface area (Å²) < 4.78 is 0. The standard InChI is InChI=1S/C17H24N4O/c18-15-5-1-3-13(11-15)7-9-20-17(22)21-10-8-14-4-2-6-16(19)12-14/h1,3-5,11-12H,2,6-10,18-19H2,(H2,20,21,22). The number of hydrogen-bond donors (Lipinski definition) is 4. The Morgan fingerprint density at radius 3 is 2.64 bits per heavy atom. The van der Waals surface area contributed by atoms with Crippen molar-refractivity contribution in [3.8, 4) is 0 Å². The third kappa shape index (κ3) is 5.52. The Hall–Kier alpha value is -2.43. The van der Waals surface area contributed by atoms with Gasteiger partial charge in [-0.3, -0.25) is 0 Å². The van der Waals surface area contributed by atoms with E-state index in [4.69, 9.17) is 11.5 Å². The van der Waals surface area contributed by atoms with Crippen molar-refractivity contribution in [2.24, 2.45) is 5.73 Å². The van der Waals surface area contributed by atoms with E-state index in [2.05, 4.69) is 16.7 Å². The fraction of sp³-hybridized carbons (Fsp3) is 0.353. The zero-order valence-electron chi connectivity index (χ0n) is 12.8. The molecule has 1 aromatic carbocycles. The zero-order chi connectivity index (χ0) is 15.8. The Balaban J connectivity index is 1.61. The van der Waals surface area contributed by atoms with Gasteiger partial charge < -0.3 is 22.1 Å². The van der Waals surface area contributed by atoms with Gasteiger partial charge in [0, 0.05) is 24.5 Å². The topological polar surface area (TPSA) is 93.2 Å². The number of allylic oxidation sites excluding steroid dienone is 3. The summed E-state index contributed by atoms with van der Waals surface area (Å²) in [5.74, 6) is 0. The molecule has 118 valence electrons. The van der Waals surface area contributed by atoms with Crippen LogP contribution in [0.1, 0.15) is 24.8 Å². The first-order chi connectivity index (χ1) is 10.6. The first-order valence-electron chi connectivity index (χ1n) is 7.64. The van der Waals surface area contributed by atoms with Crippen LogP contribution in [-0.2, 0) is 6.42 Å². The number of nitrogens with two attached hydrogens (primary N) is 2. The van der Waals surface area contributed by atoms with Crippen molar-refractivity contribution in [3.63, 3.8) is 0 Å². The highest BCUT2D eigenvalue weighted by Gasteiger charge is 2.04. The van der Waals surface area contributed by atoms with Crippen molar-refractivity contribution in [1.82, 2.24) is 10.6 Å². The molecule has 0 saturated carbocycles. The van der Waals surface area contributed by atoms with Crippen molar-refractivity contribution in [2.75, 3.05) is 18.8 Å². The van der Waals surface area contributed by atoms with Gasteiger partial charge in [0.2, 0.25) is 0 Å². The molecular weight excluding hydrogens is 276 g/mol. The number of nitrogens with one attached hydrogen (secondary N) is 2. The third-order valence-electron chi connectivity index (χ3n) is 3.56. The van der Waals surface area contributed by atoms with Crippen LogP contribution < -0.4 is 22.1 Å². The molecule has 0 bridgehead atoms. The second kappa shape index (κ2) is 8.12. The number of rotatable bonds is 6. The van der Waals surface area contributed by atoms with E-state index in [1.807, 2.05) is 30.3 Å². The van der Waals surface area contributed by atoms with Gasteiger partial charge in [-0.2, -0.15) is 0 Å². The predicted molar refractivity (Wildman–Crippen MR) is 90.2 cm³/mol. The van der Waals surface area contributed by atoms with Crippen molar-refractivity contribution in [3.05, 3.63) is 53.3 Å². The Labute approximate surface area is 131 Å². The maximum Gasteiger partial charge on any atom is 0.314 e. The summed E-state index contributed by atoms with van der Waals surface area (Å²) in [6.07, 6.45) is 7.68. The molecule has 0 atom stereocenters. The lowest BCUT2D eigenvalue weighted by Gasteiger charge is -2.11. The Bertz CT molecular complexity index is 578.